The lowest BCUT2D eigenvalue weighted by atomic mass is 10.0. The van der Waals surface area contributed by atoms with Gasteiger partial charge in [-0.05, 0) is 25.0 Å². The van der Waals surface area contributed by atoms with Crippen molar-refractivity contribution in [1.29, 1.82) is 0 Å². The van der Waals surface area contributed by atoms with Crippen LogP contribution in [0.5, 0.6) is 0 Å². The number of rotatable bonds is 3. The molecule has 2 nitrogen and oxygen atoms in total. The van der Waals surface area contributed by atoms with E-state index in [1.54, 1.807) is 0 Å². The van der Waals surface area contributed by atoms with Gasteiger partial charge in [0.1, 0.15) is 0 Å². The summed E-state index contributed by atoms with van der Waals surface area (Å²) in [6.45, 7) is 0. The Labute approximate surface area is 154 Å². The number of hydrogen-bond donors (Lipinski definition) is 2. The van der Waals surface area contributed by atoms with Gasteiger partial charge in [0.15, 0.2) is 0 Å². The molecule has 0 heterocycles. The summed E-state index contributed by atoms with van der Waals surface area (Å²) in [7, 11) is 0. The van der Waals surface area contributed by atoms with Gasteiger partial charge >= 0.3 is 0 Å². The molecular formula is C23H36N2. The molecule has 1 aliphatic rings. The number of hydrogen-bond acceptors (Lipinski definition) is 2. The third-order valence-corrected chi connectivity index (χ3v) is 4.99. The lowest BCUT2D eigenvalue weighted by molar-refractivity contribution is 0.440. The molecule has 2 heteroatoms. The van der Waals surface area contributed by atoms with Gasteiger partial charge in [0, 0.05) is 11.7 Å². The lowest BCUT2D eigenvalue weighted by Crippen LogP contribution is -2.34. The molecule has 1 aromatic carbocycles. The first-order chi connectivity index (χ1) is 12.4. The van der Waals surface area contributed by atoms with Gasteiger partial charge in [-0.3, -0.25) is 0 Å². The highest BCUT2D eigenvalue weighted by Gasteiger charge is 2.08. The Hall–Kier alpha value is -1.54. The van der Waals surface area contributed by atoms with Crippen molar-refractivity contribution in [2.45, 2.75) is 83.1 Å². The summed E-state index contributed by atoms with van der Waals surface area (Å²) in [6.07, 6.45) is 16.6. The van der Waals surface area contributed by atoms with Gasteiger partial charge in [0.2, 0.25) is 0 Å². The number of anilines is 1. The third-order valence-electron chi connectivity index (χ3n) is 4.99. The van der Waals surface area contributed by atoms with Gasteiger partial charge in [-0.1, -0.05) is 107 Å². The summed E-state index contributed by atoms with van der Waals surface area (Å²) in [5, 5.41) is 0. The highest BCUT2D eigenvalue weighted by molar-refractivity contribution is 5.39. The van der Waals surface area contributed by atoms with Crippen molar-refractivity contribution in [1.82, 2.24) is 5.43 Å². The van der Waals surface area contributed by atoms with E-state index in [9.17, 15) is 0 Å². The van der Waals surface area contributed by atoms with Crippen LogP contribution >= 0.6 is 0 Å². The molecule has 1 aliphatic carbocycles. The zero-order valence-electron chi connectivity index (χ0n) is 15.8. The second-order valence-electron chi connectivity index (χ2n) is 7.21. The molecule has 0 aromatic heterocycles. The molecule has 0 aliphatic heterocycles. The fourth-order valence-corrected chi connectivity index (χ4v) is 3.45. The summed E-state index contributed by atoms with van der Waals surface area (Å²) < 4.78 is 0. The quantitative estimate of drug-likeness (QED) is 0.592. The van der Waals surface area contributed by atoms with Crippen molar-refractivity contribution in [3.05, 3.63) is 54.6 Å². The van der Waals surface area contributed by atoms with Crippen molar-refractivity contribution in [3.63, 3.8) is 0 Å². The molecule has 2 rings (SSSR count). The molecule has 25 heavy (non-hydrogen) atoms. The third kappa shape index (κ3) is 10.1. The van der Waals surface area contributed by atoms with E-state index in [0.717, 1.165) is 5.69 Å². The van der Waals surface area contributed by atoms with Gasteiger partial charge in [-0.25, -0.2) is 5.43 Å². The van der Waals surface area contributed by atoms with E-state index in [-0.39, 0.29) is 0 Å². The van der Waals surface area contributed by atoms with E-state index >= 15 is 0 Å². The Kier molecular flexibility index (Phi) is 10.9. The topological polar surface area (TPSA) is 24.1 Å². The average molecular weight is 341 g/mol. The molecule has 1 aromatic rings. The van der Waals surface area contributed by atoms with Gasteiger partial charge < -0.3 is 5.43 Å². The monoisotopic (exact) mass is 340 g/mol. The molecule has 0 amide bonds. The van der Waals surface area contributed by atoms with E-state index in [1.807, 2.05) is 18.2 Å². The maximum atomic E-state index is 3.60. The highest BCUT2D eigenvalue weighted by Crippen LogP contribution is 2.17. The Morgan fingerprint density at radius 3 is 1.40 bits per heavy atom. The summed E-state index contributed by atoms with van der Waals surface area (Å²) in [5.74, 6) is 0. The molecule has 1 saturated carbocycles. The Balaban J connectivity index is 1.86. The maximum absolute atomic E-state index is 3.60. The van der Waals surface area contributed by atoms with Gasteiger partial charge in [0.05, 0.1) is 0 Å². The van der Waals surface area contributed by atoms with Gasteiger partial charge in [-0.15, -0.1) is 0 Å². The normalized spacial score (nSPS) is 18.1. The van der Waals surface area contributed by atoms with Crippen molar-refractivity contribution in [2.24, 2.45) is 0 Å². The number of hydrazine groups is 1. The molecule has 0 unspecified atom stereocenters. The molecule has 0 radical (unpaired) electrons. The van der Waals surface area contributed by atoms with E-state index in [4.69, 9.17) is 0 Å². The molecule has 0 saturated heterocycles. The minimum atomic E-state index is 0.574. The fourth-order valence-electron chi connectivity index (χ4n) is 3.45. The van der Waals surface area contributed by atoms with Crippen LogP contribution in [0.15, 0.2) is 54.6 Å². The highest BCUT2D eigenvalue weighted by atomic mass is 15.4. The van der Waals surface area contributed by atoms with Crippen LogP contribution in [0.2, 0.25) is 0 Å². The lowest BCUT2D eigenvalue weighted by Gasteiger charge is -2.20. The predicted molar refractivity (Wildman–Crippen MR) is 110 cm³/mol. The Bertz CT molecular complexity index is 460. The maximum Gasteiger partial charge on any atom is 0.0487 e. The molecule has 1 fully saturated rings. The van der Waals surface area contributed by atoms with E-state index in [1.165, 1.54) is 77.0 Å². The summed E-state index contributed by atoms with van der Waals surface area (Å²) >= 11 is 0. The summed E-state index contributed by atoms with van der Waals surface area (Å²) in [5.41, 5.74) is 8.15. The van der Waals surface area contributed by atoms with Crippen LogP contribution in [0.25, 0.3) is 0 Å². The largest absolute Gasteiger partial charge is 0.321 e. The second kappa shape index (κ2) is 13.7. The number of nitrogens with one attached hydrogen (secondary N) is 2. The van der Waals surface area contributed by atoms with Crippen LogP contribution < -0.4 is 10.9 Å². The fraction of sp³-hybridized carbons (Fsp3) is 0.565. The molecule has 2 N–H and O–H groups in total. The average Bonchev–Trinajstić information content (AvgIpc) is 2.66. The van der Waals surface area contributed by atoms with Crippen molar-refractivity contribution in [2.75, 3.05) is 5.43 Å². The van der Waals surface area contributed by atoms with Crippen LogP contribution in [0, 0.1) is 0 Å². The summed E-state index contributed by atoms with van der Waals surface area (Å²) in [4.78, 5) is 0. The van der Waals surface area contributed by atoms with E-state index in [0.29, 0.717) is 6.04 Å². The van der Waals surface area contributed by atoms with Crippen molar-refractivity contribution in [3.8, 4) is 0 Å². The Morgan fingerprint density at radius 2 is 0.920 bits per heavy atom. The van der Waals surface area contributed by atoms with E-state index < -0.39 is 0 Å². The van der Waals surface area contributed by atoms with E-state index in [2.05, 4.69) is 47.2 Å². The molecule has 0 atom stereocenters. The molecule has 0 spiro atoms. The van der Waals surface area contributed by atoms with Crippen molar-refractivity contribution >= 4 is 5.69 Å². The minimum absolute atomic E-state index is 0.574. The zero-order valence-corrected chi connectivity index (χ0v) is 15.8. The van der Waals surface area contributed by atoms with Gasteiger partial charge in [-0.2, -0.15) is 0 Å². The minimum Gasteiger partial charge on any atom is -0.321 e. The van der Waals surface area contributed by atoms with Gasteiger partial charge in [0.25, 0.3) is 0 Å². The van der Waals surface area contributed by atoms with Crippen LogP contribution in [0.4, 0.5) is 5.69 Å². The van der Waals surface area contributed by atoms with Crippen LogP contribution in [0.3, 0.4) is 0 Å². The summed E-state index contributed by atoms with van der Waals surface area (Å²) in [6, 6.07) is 19.2. The predicted octanol–water partition coefficient (Wildman–Crippen LogP) is 6.79. The smallest absolute Gasteiger partial charge is 0.0487 e. The Morgan fingerprint density at radius 1 is 0.520 bits per heavy atom. The molecular weight excluding hydrogens is 304 g/mol. The zero-order chi connectivity index (χ0) is 17.4. The first kappa shape index (κ1) is 19.8. The second-order valence-corrected chi connectivity index (χ2v) is 7.21. The van der Waals surface area contributed by atoms with Crippen molar-refractivity contribution < 1.29 is 0 Å². The van der Waals surface area contributed by atoms with Crippen LogP contribution in [-0.4, -0.2) is 6.04 Å². The first-order valence-corrected chi connectivity index (χ1v) is 10.3. The first-order valence-electron chi connectivity index (χ1n) is 10.3. The SMILES string of the molecule is c1ccccc(NNC2CCCCCCCCCCCC2)cccc1. The molecule has 0 bridgehead atoms. The molecule has 138 valence electrons. The van der Waals surface area contributed by atoms with Crippen LogP contribution in [0.1, 0.15) is 77.0 Å². The van der Waals surface area contributed by atoms with Crippen LogP contribution in [-0.2, 0) is 0 Å². The standard InChI is InChI=1S/C23H36N2/c1-2-4-7-11-15-19-22(18-14-10-6-3-1)24-25-23-20-16-12-8-5-9-13-17-21-23/h5,8-9,12-13,16-17,20-22,24-25H,1-4,6-7,10-11,14-15,18-19H2.